The third-order valence-corrected chi connectivity index (χ3v) is 6.12. The lowest BCUT2D eigenvalue weighted by atomic mass is 9.77. The number of fused-ring (bicyclic) bond motifs is 6. The standard InChI is InChI=1S/C25H15NO6/c27-21-11-12-22(28)26(21)23(29)14-9-10-16-15(13-14)24(30)32-25(16)17-5-1-3-7-19(17)31-20-8-4-2-6-18(20)25/h1-10,13H,11-12H2. The van der Waals surface area contributed by atoms with Crippen LogP contribution < -0.4 is 4.74 Å². The summed E-state index contributed by atoms with van der Waals surface area (Å²) in [6, 6.07) is 19.2. The number of hydrogen-bond acceptors (Lipinski definition) is 6. The Morgan fingerprint density at radius 3 is 2.00 bits per heavy atom. The predicted octanol–water partition coefficient (Wildman–Crippen LogP) is 3.54. The van der Waals surface area contributed by atoms with E-state index in [1.165, 1.54) is 12.1 Å². The van der Waals surface area contributed by atoms with Crippen LogP contribution in [0.2, 0.25) is 0 Å². The molecule has 32 heavy (non-hydrogen) atoms. The molecular weight excluding hydrogens is 410 g/mol. The molecule has 0 radical (unpaired) electrons. The molecule has 3 aromatic carbocycles. The molecule has 0 atom stereocenters. The summed E-state index contributed by atoms with van der Waals surface area (Å²) in [5.74, 6) is -1.26. The molecule has 7 heteroatoms. The molecule has 1 spiro atoms. The minimum absolute atomic E-state index is 0.00817. The van der Waals surface area contributed by atoms with Gasteiger partial charge in [-0.15, -0.1) is 0 Å². The average molecular weight is 425 g/mol. The zero-order valence-corrected chi connectivity index (χ0v) is 16.7. The first kappa shape index (κ1) is 18.5. The second-order valence-corrected chi connectivity index (χ2v) is 7.85. The van der Waals surface area contributed by atoms with Crippen molar-refractivity contribution in [1.82, 2.24) is 4.90 Å². The molecule has 6 rings (SSSR count). The Morgan fingerprint density at radius 1 is 0.781 bits per heavy atom. The number of benzene rings is 3. The molecule has 0 bridgehead atoms. The number of nitrogens with zero attached hydrogens (tertiary/aromatic N) is 1. The van der Waals surface area contributed by atoms with Gasteiger partial charge in [-0.05, 0) is 24.3 Å². The van der Waals surface area contributed by atoms with E-state index in [0.29, 0.717) is 33.1 Å². The quantitative estimate of drug-likeness (QED) is 0.438. The van der Waals surface area contributed by atoms with E-state index in [1.807, 2.05) is 36.4 Å². The van der Waals surface area contributed by atoms with Gasteiger partial charge < -0.3 is 9.47 Å². The van der Waals surface area contributed by atoms with Gasteiger partial charge in [-0.25, -0.2) is 9.69 Å². The summed E-state index contributed by atoms with van der Waals surface area (Å²) in [5.41, 5.74) is 0.987. The molecule has 0 unspecified atom stereocenters. The van der Waals surface area contributed by atoms with Crippen molar-refractivity contribution in [1.29, 1.82) is 0 Å². The molecule has 0 aromatic heterocycles. The van der Waals surface area contributed by atoms with Crippen LogP contribution in [0.3, 0.4) is 0 Å². The minimum Gasteiger partial charge on any atom is -0.456 e. The summed E-state index contributed by atoms with van der Waals surface area (Å²) in [4.78, 5) is 50.5. The zero-order chi connectivity index (χ0) is 22.0. The molecule has 3 amide bonds. The molecular formula is C25H15NO6. The van der Waals surface area contributed by atoms with E-state index in [0.717, 1.165) is 0 Å². The molecule has 0 N–H and O–H groups in total. The lowest BCUT2D eigenvalue weighted by molar-refractivity contribution is -0.135. The summed E-state index contributed by atoms with van der Waals surface area (Å²) < 4.78 is 12.1. The molecule has 1 fully saturated rings. The van der Waals surface area contributed by atoms with E-state index in [9.17, 15) is 19.2 Å². The summed E-state index contributed by atoms with van der Waals surface area (Å²) in [6.07, 6.45) is 0.0163. The Labute approximate surface area is 182 Å². The number of likely N-dealkylation sites (tertiary alicyclic amines) is 1. The number of carbonyl (C=O) groups is 4. The van der Waals surface area contributed by atoms with Crippen molar-refractivity contribution in [3.05, 3.63) is 94.5 Å². The molecule has 7 nitrogen and oxygen atoms in total. The first-order valence-electron chi connectivity index (χ1n) is 10.2. The molecule has 3 heterocycles. The number of imide groups is 3. The fourth-order valence-corrected chi connectivity index (χ4v) is 4.69. The number of ether oxygens (including phenoxy) is 2. The van der Waals surface area contributed by atoms with Gasteiger partial charge in [0.15, 0.2) is 5.60 Å². The van der Waals surface area contributed by atoms with Crippen LogP contribution in [-0.2, 0) is 19.9 Å². The summed E-state index contributed by atoms with van der Waals surface area (Å²) in [5, 5.41) is 0. The van der Waals surface area contributed by atoms with Crippen LogP contribution in [0.15, 0.2) is 66.7 Å². The normalized spacial score (nSPS) is 17.5. The van der Waals surface area contributed by atoms with E-state index in [1.54, 1.807) is 18.2 Å². The Balaban J connectivity index is 1.54. The lowest BCUT2D eigenvalue weighted by Gasteiger charge is -2.36. The second kappa shape index (κ2) is 6.37. The first-order valence-corrected chi connectivity index (χ1v) is 10.2. The average Bonchev–Trinajstić information content (AvgIpc) is 3.30. The highest BCUT2D eigenvalue weighted by atomic mass is 16.6. The maximum Gasteiger partial charge on any atom is 0.340 e. The highest BCUT2D eigenvalue weighted by molar-refractivity contribution is 6.20. The highest BCUT2D eigenvalue weighted by Gasteiger charge is 2.53. The molecule has 1 saturated heterocycles. The van der Waals surface area contributed by atoms with Crippen molar-refractivity contribution < 1.29 is 28.7 Å². The van der Waals surface area contributed by atoms with Crippen LogP contribution in [0.4, 0.5) is 0 Å². The highest BCUT2D eigenvalue weighted by Crippen LogP contribution is 2.55. The van der Waals surface area contributed by atoms with E-state index in [4.69, 9.17) is 9.47 Å². The number of hydrogen-bond donors (Lipinski definition) is 0. The van der Waals surface area contributed by atoms with Crippen LogP contribution in [-0.4, -0.2) is 28.6 Å². The van der Waals surface area contributed by atoms with E-state index < -0.39 is 29.3 Å². The molecule has 3 aliphatic heterocycles. The third kappa shape index (κ3) is 2.30. The van der Waals surface area contributed by atoms with Gasteiger partial charge in [0, 0.05) is 35.1 Å². The smallest absolute Gasteiger partial charge is 0.340 e. The Kier molecular flexibility index (Phi) is 3.68. The molecule has 156 valence electrons. The minimum atomic E-state index is -1.22. The van der Waals surface area contributed by atoms with Gasteiger partial charge in [-0.2, -0.15) is 0 Å². The topological polar surface area (TPSA) is 90.0 Å². The maximum absolute atomic E-state index is 13.1. The van der Waals surface area contributed by atoms with Gasteiger partial charge >= 0.3 is 5.97 Å². The number of amides is 3. The predicted molar refractivity (Wildman–Crippen MR) is 110 cm³/mol. The number of para-hydroxylation sites is 2. The van der Waals surface area contributed by atoms with Crippen LogP contribution in [0.25, 0.3) is 0 Å². The summed E-state index contributed by atoms with van der Waals surface area (Å²) >= 11 is 0. The number of carbonyl (C=O) groups excluding carboxylic acids is 4. The Morgan fingerprint density at radius 2 is 1.38 bits per heavy atom. The van der Waals surface area contributed by atoms with Gasteiger partial charge in [0.25, 0.3) is 5.91 Å². The zero-order valence-electron chi connectivity index (χ0n) is 16.7. The maximum atomic E-state index is 13.1. The van der Waals surface area contributed by atoms with Crippen molar-refractivity contribution in [2.75, 3.05) is 0 Å². The van der Waals surface area contributed by atoms with Crippen LogP contribution in [0, 0.1) is 0 Å². The van der Waals surface area contributed by atoms with Crippen LogP contribution >= 0.6 is 0 Å². The lowest BCUT2D eigenvalue weighted by Crippen LogP contribution is -2.35. The van der Waals surface area contributed by atoms with Crippen molar-refractivity contribution >= 4 is 23.7 Å². The van der Waals surface area contributed by atoms with Crippen molar-refractivity contribution in [2.45, 2.75) is 18.4 Å². The van der Waals surface area contributed by atoms with Crippen LogP contribution in [0.5, 0.6) is 11.5 Å². The van der Waals surface area contributed by atoms with Crippen molar-refractivity contribution in [3.63, 3.8) is 0 Å². The summed E-state index contributed by atoms with van der Waals surface area (Å²) in [7, 11) is 0. The molecule has 0 saturated carbocycles. The van der Waals surface area contributed by atoms with E-state index in [2.05, 4.69) is 0 Å². The molecule has 3 aliphatic rings. The SMILES string of the molecule is O=C1OC2(c3ccccc3Oc3ccccc32)c2ccc(C(=O)N3C(=O)CCC3=O)cc21. The second-order valence-electron chi connectivity index (χ2n) is 7.85. The third-order valence-electron chi connectivity index (χ3n) is 6.12. The number of esters is 1. The van der Waals surface area contributed by atoms with E-state index in [-0.39, 0.29) is 24.0 Å². The van der Waals surface area contributed by atoms with Crippen molar-refractivity contribution in [2.24, 2.45) is 0 Å². The summed E-state index contributed by atoms with van der Waals surface area (Å²) in [6.45, 7) is 0. The Hall–Kier alpha value is -4.26. The molecule has 3 aromatic rings. The first-order chi connectivity index (χ1) is 15.5. The van der Waals surface area contributed by atoms with Gasteiger partial charge in [0.05, 0.1) is 5.56 Å². The van der Waals surface area contributed by atoms with Gasteiger partial charge in [0.2, 0.25) is 11.8 Å². The Bertz CT molecular complexity index is 1310. The van der Waals surface area contributed by atoms with Gasteiger partial charge in [-0.3, -0.25) is 14.4 Å². The van der Waals surface area contributed by atoms with Gasteiger partial charge in [-0.1, -0.05) is 42.5 Å². The van der Waals surface area contributed by atoms with Gasteiger partial charge in [0.1, 0.15) is 11.5 Å². The monoisotopic (exact) mass is 425 g/mol. The van der Waals surface area contributed by atoms with Crippen LogP contribution in [0.1, 0.15) is 50.2 Å². The number of rotatable bonds is 1. The largest absolute Gasteiger partial charge is 0.456 e. The fourth-order valence-electron chi connectivity index (χ4n) is 4.69. The van der Waals surface area contributed by atoms with Crippen molar-refractivity contribution in [3.8, 4) is 11.5 Å². The van der Waals surface area contributed by atoms with E-state index >= 15 is 0 Å². The molecule has 0 aliphatic carbocycles. The fraction of sp³-hybridized carbons (Fsp3) is 0.120.